The Morgan fingerprint density at radius 1 is 0.300 bits per heavy atom. The third kappa shape index (κ3) is 17.0. The largest absolute Gasteiger partial charge is 0.381 e. The van der Waals surface area contributed by atoms with Crippen molar-refractivity contribution in [1.29, 1.82) is 0 Å². The molecule has 0 aromatic heterocycles. The predicted molar refractivity (Wildman–Crippen MR) is 85.5 cm³/mol. The van der Waals surface area contributed by atoms with Gasteiger partial charge in [-0.05, 0) is 57.8 Å². The average Bonchev–Trinajstić information content (AvgIpc) is 2.54. The van der Waals surface area contributed by atoms with Gasteiger partial charge in [0.25, 0.3) is 0 Å². The van der Waals surface area contributed by atoms with Crippen molar-refractivity contribution >= 4 is 35.2 Å². The molecule has 3 aliphatic rings. The van der Waals surface area contributed by atoms with Gasteiger partial charge in [-0.15, -0.1) is 0 Å². The third-order valence-corrected chi connectivity index (χ3v) is 3.23. The zero-order chi connectivity index (χ0) is 12.7. The molecule has 3 rings (SSSR count). The fraction of sp³-hybridized carbons (Fsp3) is 1.00. The number of hydrogen-bond donors (Lipinski definition) is 0. The van der Waals surface area contributed by atoms with Gasteiger partial charge < -0.3 is 14.2 Å². The third-order valence-electron chi connectivity index (χ3n) is 3.23. The van der Waals surface area contributed by atoms with Crippen LogP contribution in [0.25, 0.3) is 0 Å². The molecule has 0 spiro atoms. The standard InChI is InChI=1S/3C5H10O.2Ge/c3*1-2-4-6-5-3-1;;/h3*1-5H2;;. The Balaban J connectivity index is 0. The molecule has 0 saturated carbocycles. The van der Waals surface area contributed by atoms with E-state index in [4.69, 9.17) is 14.2 Å². The molecule has 116 valence electrons. The van der Waals surface area contributed by atoms with E-state index in [2.05, 4.69) is 0 Å². The Bertz CT molecular complexity index is 96.1. The summed E-state index contributed by atoms with van der Waals surface area (Å²) in [7, 11) is 0. The quantitative estimate of drug-likeness (QED) is 0.582. The Hall–Kier alpha value is 0.966. The van der Waals surface area contributed by atoms with Crippen LogP contribution >= 0.6 is 0 Å². The summed E-state index contributed by atoms with van der Waals surface area (Å²) in [6.07, 6.45) is 11.8. The van der Waals surface area contributed by atoms with Gasteiger partial charge >= 0.3 is 0 Å². The van der Waals surface area contributed by atoms with E-state index < -0.39 is 0 Å². The smallest absolute Gasteiger partial charge is 0.0466 e. The Labute approximate surface area is 146 Å². The monoisotopic (exact) mass is 406 g/mol. The van der Waals surface area contributed by atoms with Crippen LogP contribution in [0.5, 0.6) is 0 Å². The number of ether oxygens (including phenoxy) is 3. The van der Waals surface area contributed by atoms with Gasteiger partial charge in [-0.25, -0.2) is 0 Å². The second kappa shape index (κ2) is 20.0. The van der Waals surface area contributed by atoms with Crippen molar-refractivity contribution in [2.75, 3.05) is 39.6 Å². The molecule has 0 aliphatic carbocycles. The van der Waals surface area contributed by atoms with Crippen molar-refractivity contribution in [1.82, 2.24) is 0 Å². The van der Waals surface area contributed by atoms with Gasteiger partial charge in [0.05, 0.1) is 0 Å². The molecular weight excluding hydrogens is 373 g/mol. The van der Waals surface area contributed by atoms with Crippen LogP contribution in [0.2, 0.25) is 0 Å². The second-order valence-corrected chi connectivity index (χ2v) is 5.02. The first kappa shape index (κ1) is 23.2. The van der Waals surface area contributed by atoms with Crippen molar-refractivity contribution in [2.45, 2.75) is 57.8 Å². The topological polar surface area (TPSA) is 27.7 Å². The van der Waals surface area contributed by atoms with E-state index in [0.29, 0.717) is 0 Å². The molecular formula is C15H30Ge2O3. The molecule has 0 bridgehead atoms. The summed E-state index contributed by atoms with van der Waals surface area (Å²) in [5, 5.41) is 0. The summed E-state index contributed by atoms with van der Waals surface area (Å²) in [6, 6.07) is 0. The Morgan fingerprint density at radius 2 is 0.500 bits per heavy atom. The fourth-order valence-electron chi connectivity index (χ4n) is 2.06. The van der Waals surface area contributed by atoms with Gasteiger partial charge in [0.15, 0.2) is 0 Å². The van der Waals surface area contributed by atoms with E-state index in [1.165, 1.54) is 57.8 Å². The molecule has 3 heterocycles. The van der Waals surface area contributed by atoms with E-state index in [0.717, 1.165) is 39.6 Å². The van der Waals surface area contributed by atoms with Crippen LogP contribution in [0.3, 0.4) is 0 Å². The van der Waals surface area contributed by atoms with Gasteiger partial charge in [0.1, 0.15) is 0 Å². The molecule has 0 aromatic carbocycles. The molecule has 3 fully saturated rings. The molecule has 0 unspecified atom stereocenters. The van der Waals surface area contributed by atoms with Crippen molar-refractivity contribution < 1.29 is 14.2 Å². The summed E-state index contributed by atoms with van der Waals surface area (Å²) < 4.78 is 15.2. The minimum absolute atomic E-state index is 0. The molecule has 20 heavy (non-hydrogen) atoms. The van der Waals surface area contributed by atoms with E-state index >= 15 is 0 Å². The van der Waals surface area contributed by atoms with Crippen LogP contribution in [0.1, 0.15) is 57.8 Å². The molecule has 8 radical (unpaired) electrons. The summed E-state index contributed by atoms with van der Waals surface area (Å²) in [6.45, 7) is 6.00. The van der Waals surface area contributed by atoms with Crippen LogP contribution in [0.4, 0.5) is 0 Å². The molecule has 0 aromatic rings. The van der Waals surface area contributed by atoms with Crippen LogP contribution in [0.15, 0.2) is 0 Å². The normalized spacial score (nSPS) is 21.6. The second-order valence-electron chi connectivity index (χ2n) is 5.02. The van der Waals surface area contributed by atoms with Crippen LogP contribution < -0.4 is 0 Å². The van der Waals surface area contributed by atoms with E-state index in [1.807, 2.05) is 0 Å². The van der Waals surface area contributed by atoms with Crippen LogP contribution in [0, 0.1) is 0 Å². The summed E-state index contributed by atoms with van der Waals surface area (Å²) >= 11 is 0. The van der Waals surface area contributed by atoms with Gasteiger partial charge in [0.2, 0.25) is 0 Å². The van der Waals surface area contributed by atoms with Gasteiger partial charge in [-0.1, -0.05) is 0 Å². The van der Waals surface area contributed by atoms with Crippen molar-refractivity contribution in [3.63, 3.8) is 0 Å². The molecule has 3 nitrogen and oxygen atoms in total. The molecule has 0 amide bonds. The average molecular weight is 404 g/mol. The van der Waals surface area contributed by atoms with Gasteiger partial charge in [0, 0.05) is 74.8 Å². The van der Waals surface area contributed by atoms with E-state index in [1.54, 1.807) is 0 Å². The first-order chi connectivity index (χ1) is 9.00. The maximum Gasteiger partial charge on any atom is 0.0466 e. The van der Waals surface area contributed by atoms with Crippen molar-refractivity contribution in [2.24, 2.45) is 0 Å². The van der Waals surface area contributed by atoms with Gasteiger partial charge in [-0.2, -0.15) is 0 Å². The Morgan fingerprint density at radius 3 is 0.550 bits per heavy atom. The predicted octanol–water partition coefficient (Wildman–Crippen LogP) is 2.80. The van der Waals surface area contributed by atoms with Crippen LogP contribution in [-0.2, 0) is 14.2 Å². The molecule has 3 saturated heterocycles. The van der Waals surface area contributed by atoms with Crippen LogP contribution in [-0.4, -0.2) is 74.8 Å². The molecule has 0 atom stereocenters. The summed E-state index contributed by atoms with van der Waals surface area (Å²) in [4.78, 5) is 0. The molecule has 0 N–H and O–H groups in total. The van der Waals surface area contributed by atoms with Gasteiger partial charge in [-0.3, -0.25) is 0 Å². The SMILES string of the molecule is C1CCOCC1.C1CCOCC1.C1CCOCC1.[Ge].[Ge]. The first-order valence-electron chi connectivity index (χ1n) is 7.73. The number of hydrogen-bond acceptors (Lipinski definition) is 3. The summed E-state index contributed by atoms with van der Waals surface area (Å²) in [5.41, 5.74) is 0. The maximum atomic E-state index is 5.07. The maximum absolute atomic E-state index is 5.07. The fourth-order valence-corrected chi connectivity index (χ4v) is 2.06. The van der Waals surface area contributed by atoms with Crippen molar-refractivity contribution in [3.8, 4) is 0 Å². The first-order valence-corrected chi connectivity index (χ1v) is 7.73. The Kier molecular flexibility index (Phi) is 23.2. The minimum Gasteiger partial charge on any atom is -0.381 e. The molecule has 5 heteroatoms. The number of rotatable bonds is 0. The van der Waals surface area contributed by atoms with Crippen molar-refractivity contribution in [3.05, 3.63) is 0 Å². The minimum atomic E-state index is 0. The summed E-state index contributed by atoms with van der Waals surface area (Å²) in [5.74, 6) is 0. The molecule has 3 aliphatic heterocycles. The zero-order valence-corrected chi connectivity index (χ0v) is 17.0. The van der Waals surface area contributed by atoms with E-state index in [-0.39, 0.29) is 35.2 Å². The zero-order valence-electron chi connectivity index (χ0n) is 12.8. The van der Waals surface area contributed by atoms with E-state index in [9.17, 15) is 0 Å².